The molecule has 1 aliphatic heterocycles. The maximum Gasteiger partial charge on any atom is 0.263 e. The number of ether oxygens (including phenoxy) is 3. The summed E-state index contributed by atoms with van der Waals surface area (Å²) in [4.78, 5) is 19.4. The van der Waals surface area contributed by atoms with Crippen molar-refractivity contribution in [2.45, 2.75) is 44.3 Å². The van der Waals surface area contributed by atoms with Gasteiger partial charge in [0.25, 0.3) is 5.56 Å². The van der Waals surface area contributed by atoms with Gasteiger partial charge in [0, 0.05) is 11.3 Å². The second kappa shape index (κ2) is 14.8. The summed E-state index contributed by atoms with van der Waals surface area (Å²) in [7, 11) is 0. The Labute approximate surface area is 279 Å². The fraction of sp³-hybridized carbons (Fsp3) is 0.200. The van der Waals surface area contributed by atoms with Crippen LogP contribution >= 0.6 is 0 Å². The zero-order valence-corrected chi connectivity index (χ0v) is 26.4. The summed E-state index contributed by atoms with van der Waals surface area (Å²) >= 11 is 0. The number of aromatic nitrogens is 2. The fourth-order valence-corrected chi connectivity index (χ4v) is 6.14. The maximum absolute atomic E-state index is 14.4. The normalized spacial score (nSPS) is 15.6. The number of rotatable bonds is 13. The molecule has 1 aromatic heterocycles. The van der Waals surface area contributed by atoms with Gasteiger partial charge in [0.15, 0.2) is 0 Å². The van der Waals surface area contributed by atoms with Crippen LogP contribution < -0.4 is 10.9 Å². The van der Waals surface area contributed by atoms with E-state index in [9.17, 15) is 9.90 Å². The molecular formula is C40H37N3O5. The molecule has 4 atom stereocenters. The smallest absolute Gasteiger partial charge is 0.263 e. The predicted molar refractivity (Wildman–Crippen MR) is 186 cm³/mol. The van der Waals surface area contributed by atoms with Crippen molar-refractivity contribution >= 4 is 16.6 Å². The van der Waals surface area contributed by atoms with Crippen molar-refractivity contribution in [3.8, 4) is 11.4 Å². The molecule has 0 fully saturated rings. The first-order chi connectivity index (χ1) is 23.7. The van der Waals surface area contributed by atoms with E-state index in [1.165, 1.54) is 0 Å². The molecule has 2 heterocycles. The van der Waals surface area contributed by atoms with E-state index in [1.54, 1.807) is 10.6 Å². The molecular weight excluding hydrogens is 602 g/mol. The first-order valence-electron chi connectivity index (χ1n) is 16.1. The molecule has 8 heteroatoms. The molecule has 0 amide bonds. The number of hydrogen-bond acceptors (Lipinski definition) is 7. The largest absolute Gasteiger partial charge is 0.388 e. The van der Waals surface area contributed by atoms with Gasteiger partial charge in [-0.05, 0) is 41.0 Å². The second-order valence-corrected chi connectivity index (χ2v) is 11.9. The third-order valence-electron chi connectivity index (χ3n) is 8.54. The predicted octanol–water partition coefficient (Wildman–Crippen LogP) is 6.74. The Balaban J connectivity index is 1.30. The minimum atomic E-state index is -1.11. The van der Waals surface area contributed by atoms with Crippen LogP contribution in [0.4, 0.5) is 5.69 Å². The van der Waals surface area contributed by atoms with Crippen LogP contribution in [-0.2, 0) is 34.0 Å². The molecule has 0 aliphatic carbocycles. The first-order valence-corrected chi connectivity index (χ1v) is 16.1. The van der Waals surface area contributed by atoms with Crippen LogP contribution in [0.5, 0.6) is 0 Å². The molecule has 242 valence electrons. The van der Waals surface area contributed by atoms with E-state index < -0.39 is 24.5 Å². The second-order valence-electron chi connectivity index (χ2n) is 11.9. The van der Waals surface area contributed by atoms with Crippen LogP contribution in [0, 0.1) is 0 Å². The lowest BCUT2D eigenvalue weighted by Gasteiger charge is -2.40. The van der Waals surface area contributed by atoms with Gasteiger partial charge in [-0.2, -0.15) is 0 Å². The Hall–Kier alpha value is -5.12. The zero-order valence-electron chi connectivity index (χ0n) is 26.4. The van der Waals surface area contributed by atoms with Gasteiger partial charge in [-0.15, -0.1) is 0 Å². The van der Waals surface area contributed by atoms with E-state index in [2.05, 4.69) is 5.32 Å². The highest BCUT2D eigenvalue weighted by Gasteiger charge is 2.41. The van der Waals surface area contributed by atoms with Crippen LogP contribution in [0.2, 0.25) is 0 Å². The molecule has 0 saturated carbocycles. The Morgan fingerprint density at radius 2 is 1.25 bits per heavy atom. The SMILES string of the molecule is O=c1c2ccccc2nc2n1C(C(OCc1ccccc1)C(OCc1ccccc1)C(O)COCc1ccccc1)Nc1ccccc1-2. The Morgan fingerprint density at radius 3 is 1.94 bits per heavy atom. The van der Waals surface area contributed by atoms with Gasteiger partial charge in [0.2, 0.25) is 0 Å². The molecule has 1 aliphatic rings. The molecule has 0 spiro atoms. The number of fused-ring (bicyclic) bond motifs is 4. The molecule has 5 aromatic carbocycles. The minimum absolute atomic E-state index is 0.0133. The molecule has 2 N–H and O–H groups in total. The number of nitrogens with one attached hydrogen (secondary N) is 1. The Bertz CT molecular complexity index is 2000. The van der Waals surface area contributed by atoms with Gasteiger partial charge in [-0.25, -0.2) is 4.98 Å². The van der Waals surface area contributed by atoms with E-state index in [1.807, 2.05) is 133 Å². The molecule has 48 heavy (non-hydrogen) atoms. The number of aliphatic hydroxyl groups is 1. The van der Waals surface area contributed by atoms with Crippen molar-refractivity contribution in [2.75, 3.05) is 11.9 Å². The molecule has 4 unspecified atom stereocenters. The van der Waals surface area contributed by atoms with Gasteiger partial charge in [0.05, 0.1) is 37.3 Å². The first kappa shape index (κ1) is 31.5. The number of aliphatic hydroxyl groups excluding tert-OH is 1. The van der Waals surface area contributed by atoms with Gasteiger partial charge in [-0.1, -0.05) is 115 Å². The van der Waals surface area contributed by atoms with Crippen molar-refractivity contribution in [3.63, 3.8) is 0 Å². The quantitative estimate of drug-likeness (QED) is 0.145. The average molecular weight is 640 g/mol. The van der Waals surface area contributed by atoms with Crippen molar-refractivity contribution in [3.05, 3.63) is 167 Å². The Kier molecular flexibility index (Phi) is 9.67. The van der Waals surface area contributed by atoms with E-state index >= 15 is 0 Å². The molecule has 0 saturated heterocycles. The number of para-hydroxylation sites is 2. The fourth-order valence-electron chi connectivity index (χ4n) is 6.14. The number of anilines is 1. The van der Waals surface area contributed by atoms with Crippen LogP contribution in [0.25, 0.3) is 22.3 Å². The lowest BCUT2D eigenvalue weighted by atomic mass is 10.00. The highest BCUT2D eigenvalue weighted by Crippen LogP contribution is 2.38. The van der Waals surface area contributed by atoms with Gasteiger partial charge >= 0.3 is 0 Å². The van der Waals surface area contributed by atoms with Crippen LogP contribution in [0.3, 0.4) is 0 Å². The summed E-state index contributed by atoms with van der Waals surface area (Å²) in [5, 5.41) is 16.0. The average Bonchev–Trinajstić information content (AvgIpc) is 3.14. The monoisotopic (exact) mass is 639 g/mol. The highest BCUT2D eigenvalue weighted by atomic mass is 16.6. The minimum Gasteiger partial charge on any atom is -0.388 e. The van der Waals surface area contributed by atoms with Crippen molar-refractivity contribution in [2.24, 2.45) is 0 Å². The van der Waals surface area contributed by atoms with Gasteiger partial charge in [0.1, 0.15) is 30.3 Å². The van der Waals surface area contributed by atoms with E-state index in [0.29, 0.717) is 23.3 Å². The molecule has 0 radical (unpaired) electrons. The van der Waals surface area contributed by atoms with Crippen molar-refractivity contribution in [1.82, 2.24) is 9.55 Å². The third kappa shape index (κ3) is 6.93. The van der Waals surface area contributed by atoms with Gasteiger partial charge in [-0.3, -0.25) is 9.36 Å². The van der Waals surface area contributed by atoms with Crippen molar-refractivity contribution < 1.29 is 19.3 Å². The summed E-state index contributed by atoms with van der Waals surface area (Å²) in [5.74, 6) is 0.517. The van der Waals surface area contributed by atoms with Crippen molar-refractivity contribution in [1.29, 1.82) is 0 Å². The third-order valence-corrected chi connectivity index (χ3v) is 8.54. The van der Waals surface area contributed by atoms with Crippen LogP contribution in [-0.4, -0.2) is 39.6 Å². The lowest BCUT2D eigenvalue weighted by molar-refractivity contribution is -0.158. The molecule has 7 rings (SSSR count). The summed E-state index contributed by atoms with van der Waals surface area (Å²) in [6.45, 7) is 0.749. The summed E-state index contributed by atoms with van der Waals surface area (Å²) < 4.78 is 21.0. The maximum atomic E-state index is 14.4. The van der Waals surface area contributed by atoms with E-state index in [0.717, 1.165) is 27.9 Å². The van der Waals surface area contributed by atoms with E-state index in [-0.39, 0.29) is 25.4 Å². The molecule has 6 aromatic rings. The van der Waals surface area contributed by atoms with Crippen LogP contribution in [0.15, 0.2) is 144 Å². The standard InChI is InChI=1S/C40H37N3O5/c44-35(27-46-24-28-14-4-1-5-15-28)36(47-25-29-16-6-2-7-17-29)37(48-26-30-18-8-3-9-19-30)39-42-33-22-12-10-20-31(33)38-41-34-23-13-11-21-32(34)40(45)43(38)39/h1-23,35-37,39,42,44H,24-27H2. The lowest BCUT2D eigenvalue weighted by Crippen LogP contribution is -2.52. The van der Waals surface area contributed by atoms with E-state index in [4.69, 9.17) is 19.2 Å². The number of nitrogens with zero attached hydrogens (tertiary/aromatic N) is 2. The van der Waals surface area contributed by atoms with Crippen LogP contribution in [0.1, 0.15) is 22.9 Å². The number of hydrogen-bond donors (Lipinski definition) is 2. The van der Waals surface area contributed by atoms with Gasteiger partial charge < -0.3 is 24.6 Å². The summed E-state index contributed by atoms with van der Waals surface area (Å²) in [6.07, 6.45) is -3.67. The Morgan fingerprint density at radius 1 is 0.688 bits per heavy atom. The summed E-state index contributed by atoms with van der Waals surface area (Å²) in [6, 6.07) is 44.5. The number of benzene rings is 5. The topological polar surface area (TPSA) is 94.8 Å². The molecule has 0 bridgehead atoms. The zero-order chi connectivity index (χ0) is 32.7. The summed E-state index contributed by atoms with van der Waals surface area (Å²) in [5.41, 5.74) is 4.87. The highest BCUT2D eigenvalue weighted by molar-refractivity contribution is 5.83. The molecule has 8 nitrogen and oxygen atoms in total.